The van der Waals surface area contributed by atoms with Crippen molar-refractivity contribution in [2.45, 2.75) is 39.2 Å². The van der Waals surface area contributed by atoms with Crippen molar-refractivity contribution in [2.75, 3.05) is 14.1 Å². The molecule has 0 heterocycles. The van der Waals surface area contributed by atoms with Crippen LogP contribution in [0.1, 0.15) is 38.7 Å². The van der Waals surface area contributed by atoms with Crippen molar-refractivity contribution in [3.8, 4) is 0 Å². The molecule has 2 unspecified atom stereocenters. The van der Waals surface area contributed by atoms with Crippen LogP contribution in [0.25, 0.3) is 0 Å². The lowest BCUT2D eigenvalue weighted by Crippen LogP contribution is -2.34. The van der Waals surface area contributed by atoms with Gasteiger partial charge in [-0.1, -0.05) is 44.5 Å². The SMILES string of the molecule is CC(C)CC(C(C)c1ccc(Cl)cc1)N(C)C. The quantitative estimate of drug-likeness (QED) is 0.751. The summed E-state index contributed by atoms with van der Waals surface area (Å²) in [6.45, 7) is 6.87. The lowest BCUT2D eigenvalue weighted by molar-refractivity contribution is 0.225. The maximum Gasteiger partial charge on any atom is 0.0406 e. The van der Waals surface area contributed by atoms with Gasteiger partial charge in [0, 0.05) is 11.1 Å². The second-order valence-electron chi connectivity index (χ2n) is 5.50. The molecule has 0 spiro atoms. The predicted octanol–water partition coefficient (Wildman–Crippen LogP) is 4.42. The Morgan fingerprint density at radius 2 is 1.59 bits per heavy atom. The molecule has 1 aromatic rings. The van der Waals surface area contributed by atoms with Crippen LogP contribution in [0.5, 0.6) is 0 Å². The first kappa shape index (κ1) is 14.5. The number of likely N-dealkylation sites (N-methyl/N-ethyl adjacent to an activating group) is 1. The molecule has 0 radical (unpaired) electrons. The molecule has 0 aromatic heterocycles. The fourth-order valence-corrected chi connectivity index (χ4v) is 2.46. The lowest BCUT2D eigenvalue weighted by atomic mass is 9.87. The van der Waals surface area contributed by atoms with Crippen molar-refractivity contribution >= 4 is 11.6 Å². The first-order chi connectivity index (χ1) is 7.91. The van der Waals surface area contributed by atoms with Crippen molar-refractivity contribution in [2.24, 2.45) is 5.92 Å². The molecule has 0 bridgehead atoms. The topological polar surface area (TPSA) is 3.24 Å². The van der Waals surface area contributed by atoms with E-state index in [-0.39, 0.29) is 0 Å². The number of benzene rings is 1. The van der Waals surface area contributed by atoms with Crippen molar-refractivity contribution in [1.29, 1.82) is 0 Å². The Morgan fingerprint density at radius 1 is 1.06 bits per heavy atom. The average molecular weight is 254 g/mol. The number of rotatable bonds is 5. The Kier molecular flexibility index (Phi) is 5.48. The molecule has 1 rings (SSSR count). The van der Waals surface area contributed by atoms with Gasteiger partial charge in [-0.15, -0.1) is 0 Å². The Hall–Kier alpha value is -0.530. The summed E-state index contributed by atoms with van der Waals surface area (Å²) >= 11 is 5.93. The summed E-state index contributed by atoms with van der Waals surface area (Å²) in [5.74, 6) is 1.25. The highest BCUT2D eigenvalue weighted by Gasteiger charge is 2.21. The minimum absolute atomic E-state index is 0.532. The van der Waals surface area contributed by atoms with Crippen molar-refractivity contribution in [1.82, 2.24) is 4.90 Å². The molecule has 0 amide bonds. The van der Waals surface area contributed by atoms with E-state index in [9.17, 15) is 0 Å². The first-order valence-corrected chi connectivity index (χ1v) is 6.71. The highest BCUT2D eigenvalue weighted by atomic mass is 35.5. The zero-order chi connectivity index (χ0) is 13.0. The monoisotopic (exact) mass is 253 g/mol. The van der Waals surface area contributed by atoms with E-state index in [4.69, 9.17) is 11.6 Å². The van der Waals surface area contributed by atoms with Gasteiger partial charge in [-0.2, -0.15) is 0 Å². The molecule has 0 aliphatic rings. The Morgan fingerprint density at radius 3 is 2.00 bits per heavy atom. The molecule has 1 aromatic carbocycles. The minimum Gasteiger partial charge on any atom is -0.306 e. The van der Waals surface area contributed by atoms with E-state index in [0.29, 0.717) is 12.0 Å². The van der Waals surface area contributed by atoms with Crippen LogP contribution in [0, 0.1) is 5.92 Å². The number of hydrogen-bond donors (Lipinski definition) is 0. The largest absolute Gasteiger partial charge is 0.306 e. The summed E-state index contributed by atoms with van der Waals surface area (Å²) in [7, 11) is 4.33. The van der Waals surface area contributed by atoms with Gasteiger partial charge in [0.25, 0.3) is 0 Å². The van der Waals surface area contributed by atoms with Crippen molar-refractivity contribution in [3.63, 3.8) is 0 Å². The molecule has 17 heavy (non-hydrogen) atoms. The molecular weight excluding hydrogens is 230 g/mol. The second-order valence-corrected chi connectivity index (χ2v) is 5.94. The van der Waals surface area contributed by atoms with Crippen LogP contribution in [0.3, 0.4) is 0 Å². The summed E-state index contributed by atoms with van der Waals surface area (Å²) in [4.78, 5) is 2.33. The maximum absolute atomic E-state index is 5.93. The van der Waals surface area contributed by atoms with E-state index in [1.54, 1.807) is 0 Å². The summed E-state index contributed by atoms with van der Waals surface area (Å²) in [6, 6.07) is 8.83. The Bertz CT molecular complexity index is 329. The third-order valence-electron chi connectivity index (χ3n) is 3.35. The lowest BCUT2D eigenvalue weighted by Gasteiger charge is -2.32. The molecule has 96 valence electrons. The molecule has 0 saturated carbocycles. The molecule has 0 N–H and O–H groups in total. The highest BCUT2D eigenvalue weighted by Crippen LogP contribution is 2.27. The minimum atomic E-state index is 0.532. The fraction of sp³-hybridized carbons (Fsp3) is 0.600. The van der Waals surface area contributed by atoms with Crippen molar-refractivity contribution in [3.05, 3.63) is 34.9 Å². The normalized spacial score (nSPS) is 15.3. The van der Waals surface area contributed by atoms with Gasteiger partial charge in [0.1, 0.15) is 0 Å². The molecule has 0 aliphatic carbocycles. The fourth-order valence-electron chi connectivity index (χ4n) is 2.33. The zero-order valence-electron chi connectivity index (χ0n) is 11.6. The molecule has 0 saturated heterocycles. The molecule has 0 fully saturated rings. The van der Waals surface area contributed by atoms with E-state index < -0.39 is 0 Å². The zero-order valence-corrected chi connectivity index (χ0v) is 12.3. The summed E-state index contributed by atoms with van der Waals surface area (Å²) < 4.78 is 0. The third-order valence-corrected chi connectivity index (χ3v) is 3.60. The smallest absolute Gasteiger partial charge is 0.0406 e. The van der Waals surface area contributed by atoms with E-state index in [1.807, 2.05) is 12.1 Å². The summed E-state index contributed by atoms with van der Waals surface area (Å²) in [5, 5.41) is 0.811. The highest BCUT2D eigenvalue weighted by molar-refractivity contribution is 6.30. The molecule has 0 aliphatic heterocycles. The molecule has 2 heteroatoms. The van der Waals surface area contributed by atoms with Gasteiger partial charge >= 0.3 is 0 Å². The van der Waals surface area contributed by atoms with Crippen LogP contribution < -0.4 is 0 Å². The average Bonchev–Trinajstić information content (AvgIpc) is 2.25. The van der Waals surface area contributed by atoms with Crippen LogP contribution in [0.4, 0.5) is 0 Å². The summed E-state index contributed by atoms with van der Waals surface area (Å²) in [6.07, 6.45) is 1.22. The van der Waals surface area contributed by atoms with Gasteiger partial charge in [-0.25, -0.2) is 0 Å². The third kappa shape index (κ3) is 4.33. The van der Waals surface area contributed by atoms with Crippen LogP contribution >= 0.6 is 11.6 Å². The molecule has 2 atom stereocenters. The number of nitrogens with zero attached hydrogens (tertiary/aromatic N) is 1. The van der Waals surface area contributed by atoms with E-state index in [0.717, 1.165) is 10.9 Å². The number of halogens is 1. The predicted molar refractivity (Wildman–Crippen MR) is 76.8 cm³/mol. The second kappa shape index (κ2) is 6.42. The van der Waals surface area contributed by atoms with Gasteiger partial charge < -0.3 is 4.90 Å². The van der Waals surface area contributed by atoms with Crippen LogP contribution in [0.2, 0.25) is 5.02 Å². The van der Waals surface area contributed by atoms with Gasteiger partial charge in [0.05, 0.1) is 0 Å². The van der Waals surface area contributed by atoms with Crippen LogP contribution in [0.15, 0.2) is 24.3 Å². The Balaban J connectivity index is 2.83. The van der Waals surface area contributed by atoms with Gasteiger partial charge in [-0.05, 0) is 50.0 Å². The standard InChI is InChI=1S/C15H24ClN/c1-11(2)10-15(17(4)5)12(3)13-6-8-14(16)9-7-13/h6-9,11-12,15H,10H2,1-5H3. The van der Waals surface area contributed by atoms with Crippen LogP contribution in [-0.4, -0.2) is 25.0 Å². The van der Waals surface area contributed by atoms with Gasteiger partial charge in [0.15, 0.2) is 0 Å². The van der Waals surface area contributed by atoms with Gasteiger partial charge in [-0.3, -0.25) is 0 Å². The maximum atomic E-state index is 5.93. The van der Waals surface area contributed by atoms with Crippen LogP contribution in [-0.2, 0) is 0 Å². The first-order valence-electron chi connectivity index (χ1n) is 6.33. The number of hydrogen-bond acceptors (Lipinski definition) is 1. The van der Waals surface area contributed by atoms with E-state index in [1.165, 1.54) is 12.0 Å². The van der Waals surface area contributed by atoms with E-state index >= 15 is 0 Å². The van der Waals surface area contributed by atoms with E-state index in [2.05, 4.69) is 51.9 Å². The Labute approximate surface area is 111 Å². The van der Waals surface area contributed by atoms with Crippen molar-refractivity contribution < 1.29 is 0 Å². The van der Waals surface area contributed by atoms with Gasteiger partial charge in [0.2, 0.25) is 0 Å². The summed E-state index contributed by atoms with van der Waals surface area (Å²) in [5.41, 5.74) is 1.37. The molecule has 1 nitrogen and oxygen atoms in total. The molecular formula is C15H24ClN.